The number of hydrogen-bond acceptors (Lipinski definition) is 4. The van der Waals surface area contributed by atoms with Crippen molar-refractivity contribution in [2.45, 2.75) is 6.42 Å². The molecule has 0 saturated carbocycles. The van der Waals surface area contributed by atoms with Gasteiger partial charge in [0.2, 0.25) is 0 Å². The first-order valence-corrected chi connectivity index (χ1v) is 3.61. The highest BCUT2D eigenvalue weighted by molar-refractivity contribution is 5.95. The van der Waals surface area contributed by atoms with Crippen molar-refractivity contribution >= 4 is 17.9 Å². The summed E-state index contributed by atoms with van der Waals surface area (Å²) >= 11 is 0. The van der Waals surface area contributed by atoms with Crippen LogP contribution in [0, 0.1) is 5.92 Å². The normalized spacial score (nSPS) is 11.5. The van der Waals surface area contributed by atoms with Crippen LogP contribution in [0.4, 0.5) is 0 Å². The molecule has 1 atom stereocenters. The number of carboxylic acids is 2. The van der Waals surface area contributed by atoms with E-state index in [1.165, 1.54) is 0 Å². The van der Waals surface area contributed by atoms with Crippen molar-refractivity contribution in [1.82, 2.24) is 0 Å². The van der Waals surface area contributed by atoms with E-state index in [2.05, 4.69) is 11.3 Å². The second-order valence-corrected chi connectivity index (χ2v) is 2.50. The third kappa shape index (κ3) is 3.26. The van der Waals surface area contributed by atoms with Gasteiger partial charge >= 0.3 is 17.9 Å². The van der Waals surface area contributed by atoms with Crippen molar-refractivity contribution in [3.05, 3.63) is 12.2 Å². The Morgan fingerprint density at radius 1 is 1.36 bits per heavy atom. The van der Waals surface area contributed by atoms with Crippen LogP contribution in [-0.4, -0.2) is 35.2 Å². The minimum atomic E-state index is -1.42. The first kappa shape index (κ1) is 12.2. The number of methoxy groups -OCH3 is 1. The zero-order chi connectivity index (χ0) is 11.3. The van der Waals surface area contributed by atoms with Gasteiger partial charge in [0, 0.05) is 5.57 Å². The molecule has 6 nitrogen and oxygen atoms in total. The lowest BCUT2D eigenvalue weighted by Gasteiger charge is -2.11. The lowest BCUT2D eigenvalue weighted by molar-refractivity contribution is -0.150. The Labute approximate surface area is 79.8 Å². The molecular weight excluding hydrogens is 192 g/mol. The molecule has 2 N–H and O–H groups in total. The molecule has 0 rings (SSSR count). The van der Waals surface area contributed by atoms with Gasteiger partial charge in [-0.25, -0.2) is 4.79 Å². The van der Waals surface area contributed by atoms with Crippen LogP contribution in [0.5, 0.6) is 0 Å². The van der Waals surface area contributed by atoms with Gasteiger partial charge in [0.25, 0.3) is 0 Å². The molecule has 0 aliphatic heterocycles. The van der Waals surface area contributed by atoms with Gasteiger partial charge in [-0.15, -0.1) is 0 Å². The predicted octanol–water partition coefficient (Wildman–Crippen LogP) is -0.109. The van der Waals surface area contributed by atoms with E-state index in [1.54, 1.807) is 0 Å². The van der Waals surface area contributed by atoms with Crippen LogP contribution >= 0.6 is 0 Å². The summed E-state index contributed by atoms with van der Waals surface area (Å²) in [4.78, 5) is 31.7. The maximum atomic E-state index is 11.0. The standard InChI is InChI=1S/C8H10O6/c1-4(7(11)12)5(3-6(9)10)8(13)14-2/h5H,1,3H2,2H3,(H,9,10)(H,11,12). The van der Waals surface area contributed by atoms with Crippen molar-refractivity contribution in [1.29, 1.82) is 0 Å². The Morgan fingerprint density at radius 2 is 1.86 bits per heavy atom. The summed E-state index contributed by atoms with van der Waals surface area (Å²) in [5.41, 5.74) is -0.487. The van der Waals surface area contributed by atoms with Gasteiger partial charge in [-0.3, -0.25) is 9.59 Å². The maximum absolute atomic E-state index is 11.0. The van der Waals surface area contributed by atoms with Crippen LogP contribution < -0.4 is 0 Å². The SMILES string of the molecule is C=C(C(=O)O)C(CC(=O)O)C(=O)OC. The Hall–Kier alpha value is -1.85. The average molecular weight is 202 g/mol. The number of carbonyl (C=O) groups excluding carboxylic acids is 1. The average Bonchev–Trinajstić information content (AvgIpc) is 2.11. The monoisotopic (exact) mass is 202 g/mol. The minimum absolute atomic E-state index is 0.487. The molecular formula is C8H10O6. The second kappa shape index (κ2) is 5.00. The van der Waals surface area contributed by atoms with Gasteiger partial charge in [-0.05, 0) is 0 Å². The maximum Gasteiger partial charge on any atom is 0.331 e. The van der Waals surface area contributed by atoms with E-state index < -0.39 is 35.8 Å². The first-order chi connectivity index (χ1) is 6.40. The van der Waals surface area contributed by atoms with Gasteiger partial charge in [-0.1, -0.05) is 6.58 Å². The summed E-state index contributed by atoms with van der Waals surface area (Å²) in [5, 5.41) is 16.9. The van der Waals surface area contributed by atoms with Gasteiger partial charge in [0.05, 0.1) is 19.4 Å². The minimum Gasteiger partial charge on any atom is -0.481 e. The Balaban J connectivity index is 4.72. The Bertz CT molecular complexity index is 280. The van der Waals surface area contributed by atoms with E-state index in [9.17, 15) is 14.4 Å². The van der Waals surface area contributed by atoms with Crippen LogP contribution in [0.2, 0.25) is 0 Å². The predicted molar refractivity (Wildman–Crippen MR) is 44.5 cm³/mol. The van der Waals surface area contributed by atoms with E-state index in [4.69, 9.17) is 10.2 Å². The van der Waals surface area contributed by atoms with E-state index in [-0.39, 0.29) is 0 Å². The molecule has 0 aromatic heterocycles. The molecule has 0 saturated heterocycles. The van der Waals surface area contributed by atoms with E-state index >= 15 is 0 Å². The molecule has 0 heterocycles. The van der Waals surface area contributed by atoms with Gasteiger partial charge < -0.3 is 14.9 Å². The van der Waals surface area contributed by atoms with Crippen molar-refractivity contribution in [2.24, 2.45) is 5.92 Å². The van der Waals surface area contributed by atoms with Gasteiger partial charge in [-0.2, -0.15) is 0 Å². The number of aliphatic carboxylic acids is 2. The molecule has 0 aliphatic rings. The van der Waals surface area contributed by atoms with Gasteiger partial charge in [0.1, 0.15) is 0 Å². The van der Waals surface area contributed by atoms with Crippen LogP contribution in [0.25, 0.3) is 0 Å². The number of carboxylic acid groups (broad SMARTS) is 2. The van der Waals surface area contributed by atoms with Crippen molar-refractivity contribution in [3.63, 3.8) is 0 Å². The number of rotatable bonds is 5. The Morgan fingerprint density at radius 3 is 2.14 bits per heavy atom. The summed E-state index contributed by atoms with van der Waals surface area (Å²) in [6.07, 6.45) is -0.641. The lowest BCUT2D eigenvalue weighted by atomic mass is 9.97. The fourth-order valence-electron chi connectivity index (χ4n) is 0.815. The molecule has 0 bridgehead atoms. The molecule has 0 spiro atoms. The molecule has 0 aliphatic carbocycles. The fourth-order valence-corrected chi connectivity index (χ4v) is 0.815. The van der Waals surface area contributed by atoms with E-state index in [1.807, 2.05) is 0 Å². The lowest BCUT2D eigenvalue weighted by Crippen LogP contribution is -2.24. The highest BCUT2D eigenvalue weighted by atomic mass is 16.5. The third-order valence-corrected chi connectivity index (χ3v) is 1.56. The summed E-state index contributed by atoms with van der Waals surface area (Å²) in [5.74, 6) is -4.96. The van der Waals surface area contributed by atoms with Crippen LogP contribution in [0.1, 0.15) is 6.42 Å². The molecule has 78 valence electrons. The summed E-state index contributed by atoms with van der Waals surface area (Å²) in [7, 11) is 1.05. The third-order valence-electron chi connectivity index (χ3n) is 1.56. The molecule has 0 aromatic rings. The smallest absolute Gasteiger partial charge is 0.331 e. The Kier molecular flexibility index (Phi) is 4.34. The van der Waals surface area contributed by atoms with Crippen molar-refractivity contribution in [3.8, 4) is 0 Å². The van der Waals surface area contributed by atoms with Crippen molar-refractivity contribution < 1.29 is 29.3 Å². The molecule has 0 fully saturated rings. The highest BCUT2D eigenvalue weighted by Gasteiger charge is 2.29. The zero-order valence-electron chi connectivity index (χ0n) is 7.52. The largest absolute Gasteiger partial charge is 0.481 e. The quantitative estimate of drug-likeness (QED) is 0.476. The molecule has 14 heavy (non-hydrogen) atoms. The van der Waals surface area contributed by atoms with E-state index in [0.29, 0.717) is 0 Å². The highest BCUT2D eigenvalue weighted by Crippen LogP contribution is 2.15. The molecule has 0 aromatic carbocycles. The summed E-state index contributed by atoms with van der Waals surface area (Å²) < 4.78 is 4.26. The summed E-state index contributed by atoms with van der Waals surface area (Å²) in [6, 6.07) is 0. The number of carbonyl (C=O) groups is 3. The molecule has 0 amide bonds. The van der Waals surface area contributed by atoms with E-state index in [0.717, 1.165) is 7.11 Å². The fraction of sp³-hybridized carbons (Fsp3) is 0.375. The molecule has 6 heteroatoms. The number of ether oxygens (including phenoxy) is 1. The molecule has 0 radical (unpaired) electrons. The topological polar surface area (TPSA) is 101 Å². The first-order valence-electron chi connectivity index (χ1n) is 3.61. The van der Waals surface area contributed by atoms with Crippen molar-refractivity contribution in [2.75, 3.05) is 7.11 Å². The van der Waals surface area contributed by atoms with Crippen LogP contribution in [0.15, 0.2) is 12.2 Å². The zero-order valence-corrected chi connectivity index (χ0v) is 7.52. The van der Waals surface area contributed by atoms with Crippen LogP contribution in [0.3, 0.4) is 0 Å². The number of hydrogen-bond donors (Lipinski definition) is 2. The molecule has 1 unspecified atom stereocenters. The van der Waals surface area contributed by atoms with Crippen LogP contribution in [-0.2, 0) is 19.1 Å². The second-order valence-electron chi connectivity index (χ2n) is 2.50. The van der Waals surface area contributed by atoms with Gasteiger partial charge in [0.15, 0.2) is 0 Å². The number of esters is 1. The summed E-state index contributed by atoms with van der Waals surface area (Å²) in [6.45, 7) is 3.11.